The van der Waals surface area contributed by atoms with E-state index in [4.69, 9.17) is 0 Å². The first-order chi connectivity index (χ1) is 7.86. The Morgan fingerprint density at radius 3 is 3.25 bits per heavy atom. The molecular formula is C12H16FN3. The molecule has 2 saturated heterocycles. The lowest BCUT2D eigenvalue weighted by atomic mass is 9.92. The van der Waals surface area contributed by atoms with Crippen LogP contribution in [-0.4, -0.2) is 30.7 Å². The van der Waals surface area contributed by atoms with Crippen LogP contribution >= 0.6 is 0 Å². The molecule has 2 aliphatic rings. The fourth-order valence-electron chi connectivity index (χ4n) is 2.92. The Morgan fingerprint density at radius 1 is 1.44 bits per heavy atom. The highest BCUT2D eigenvalue weighted by Gasteiger charge is 2.36. The van der Waals surface area contributed by atoms with E-state index in [2.05, 4.69) is 15.2 Å². The van der Waals surface area contributed by atoms with Crippen LogP contribution in [0.15, 0.2) is 18.3 Å². The number of piperidine rings is 1. The molecule has 0 bridgehead atoms. The molecule has 2 atom stereocenters. The molecule has 1 aromatic rings. The Hall–Kier alpha value is -1.16. The van der Waals surface area contributed by atoms with E-state index in [9.17, 15) is 4.39 Å². The van der Waals surface area contributed by atoms with Crippen LogP contribution in [-0.2, 0) is 0 Å². The highest BCUT2D eigenvalue weighted by Crippen LogP contribution is 2.30. The third-order valence-corrected chi connectivity index (χ3v) is 3.69. The molecule has 2 aliphatic heterocycles. The molecule has 2 unspecified atom stereocenters. The Kier molecular flexibility index (Phi) is 2.52. The van der Waals surface area contributed by atoms with E-state index in [1.807, 2.05) is 0 Å². The summed E-state index contributed by atoms with van der Waals surface area (Å²) in [6.07, 6.45) is 4.06. The molecule has 86 valence electrons. The molecular weight excluding hydrogens is 205 g/mol. The van der Waals surface area contributed by atoms with Crippen molar-refractivity contribution in [1.29, 1.82) is 0 Å². The molecule has 16 heavy (non-hydrogen) atoms. The molecule has 4 heteroatoms. The summed E-state index contributed by atoms with van der Waals surface area (Å²) in [6, 6.07) is 3.57. The number of hydrogen-bond acceptors (Lipinski definition) is 3. The van der Waals surface area contributed by atoms with E-state index in [1.54, 1.807) is 12.3 Å². The van der Waals surface area contributed by atoms with Crippen molar-refractivity contribution in [2.75, 3.05) is 24.5 Å². The molecule has 0 aliphatic carbocycles. The van der Waals surface area contributed by atoms with Crippen molar-refractivity contribution >= 4 is 5.82 Å². The maximum Gasteiger partial charge on any atom is 0.165 e. The monoisotopic (exact) mass is 221 g/mol. The molecule has 3 heterocycles. The highest BCUT2D eigenvalue weighted by atomic mass is 19.1. The van der Waals surface area contributed by atoms with Gasteiger partial charge in [-0.05, 0) is 30.9 Å². The Balaban J connectivity index is 1.91. The minimum Gasteiger partial charge on any atom is -0.350 e. The van der Waals surface area contributed by atoms with Crippen molar-refractivity contribution in [2.24, 2.45) is 5.92 Å². The van der Waals surface area contributed by atoms with Gasteiger partial charge in [0.25, 0.3) is 0 Å². The fraction of sp³-hybridized carbons (Fsp3) is 0.583. The second kappa shape index (κ2) is 4.01. The number of hydrogen-bond donors (Lipinski definition) is 1. The van der Waals surface area contributed by atoms with Crippen molar-refractivity contribution in [3.8, 4) is 0 Å². The van der Waals surface area contributed by atoms with E-state index < -0.39 is 0 Å². The molecule has 0 spiro atoms. The number of anilines is 1. The summed E-state index contributed by atoms with van der Waals surface area (Å²) >= 11 is 0. The molecule has 3 rings (SSSR count). The zero-order valence-electron chi connectivity index (χ0n) is 9.19. The summed E-state index contributed by atoms with van der Waals surface area (Å²) < 4.78 is 13.7. The first-order valence-corrected chi connectivity index (χ1v) is 5.94. The van der Waals surface area contributed by atoms with Crippen LogP contribution in [0.3, 0.4) is 0 Å². The molecule has 0 radical (unpaired) electrons. The van der Waals surface area contributed by atoms with Gasteiger partial charge in [0.05, 0.1) is 0 Å². The maximum atomic E-state index is 13.7. The van der Waals surface area contributed by atoms with E-state index in [0.29, 0.717) is 17.8 Å². The van der Waals surface area contributed by atoms with Gasteiger partial charge in [0.15, 0.2) is 11.6 Å². The zero-order valence-corrected chi connectivity index (χ0v) is 9.19. The number of nitrogens with one attached hydrogen (secondary N) is 1. The van der Waals surface area contributed by atoms with Crippen molar-refractivity contribution < 1.29 is 4.39 Å². The third-order valence-electron chi connectivity index (χ3n) is 3.69. The van der Waals surface area contributed by atoms with E-state index in [0.717, 1.165) is 26.1 Å². The standard InChI is InChI=1S/C12H16FN3/c13-10-4-1-5-15-12(10)16-6-2-3-9-7-14-8-11(9)16/h1,4-5,9,11,14H,2-3,6-8H2. The van der Waals surface area contributed by atoms with Gasteiger partial charge in [0.1, 0.15) is 0 Å². The van der Waals surface area contributed by atoms with Crippen LogP contribution in [0.5, 0.6) is 0 Å². The van der Waals surface area contributed by atoms with E-state index >= 15 is 0 Å². The Bertz CT molecular complexity index is 382. The molecule has 3 nitrogen and oxygen atoms in total. The average molecular weight is 221 g/mol. The number of aromatic nitrogens is 1. The first-order valence-electron chi connectivity index (χ1n) is 5.94. The normalized spacial score (nSPS) is 29.2. The third kappa shape index (κ3) is 1.57. The smallest absolute Gasteiger partial charge is 0.165 e. The number of fused-ring (bicyclic) bond motifs is 1. The van der Waals surface area contributed by atoms with Crippen LogP contribution in [0.2, 0.25) is 0 Å². The molecule has 1 N–H and O–H groups in total. The Morgan fingerprint density at radius 2 is 2.38 bits per heavy atom. The largest absolute Gasteiger partial charge is 0.350 e. The van der Waals surface area contributed by atoms with E-state index in [1.165, 1.54) is 12.5 Å². The number of nitrogens with zero attached hydrogens (tertiary/aromatic N) is 2. The summed E-state index contributed by atoms with van der Waals surface area (Å²) in [6.45, 7) is 2.95. The zero-order chi connectivity index (χ0) is 11.0. The second-order valence-electron chi connectivity index (χ2n) is 4.63. The molecule has 0 aromatic carbocycles. The molecule has 1 aromatic heterocycles. The van der Waals surface area contributed by atoms with Gasteiger partial charge in [0.2, 0.25) is 0 Å². The summed E-state index contributed by atoms with van der Waals surface area (Å²) in [5.74, 6) is 0.992. The van der Waals surface area contributed by atoms with Crippen LogP contribution in [0.4, 0.5) is 10.2 Å². The summed E-state index contributed by atoms with van der Waals surface area (Å²) in [4.78, 5) is 6.33. The quantitative estimate of drug-likeness (QED) is 0.777. The lowest BCUT2D eigenvalue weighted by molar-refractivity contribution is 0.379. The van der Waals surface area contributed by atoms with Crippen LogP contribution in [0.25, 0.3) is 0 Å². The molecule has 0 amide bonds. The number of pyridine rings is 1. The summed E-state index contributed by atoms with van der Waals surface area (Å²) in [5.41, 5.74) is 0. The number of halogens is 1. The van der Waals surface area contributed by atoms with Gasteiger partial charge in [-0.15, -0.1) is 0 Å². The summed E-state index contributed by atoms with van der Waals surface area (Å²) in [7, 11) is 0. The lowest BCUT2D eigenvalue weighted by Crippen LogP contribution is -2.46. The van der Waals surface area contributed by atoms with Gasteiger partial charge in [0, 0.05) is 31.9 Å². The summed E-state index contributed by atoms with van der Waals surface area (Å²) in [5, 5.41) is 3.39. The highest BCUT2D eigenvalue weighted by molar-refractivity contribution is 5.42. The van der Waals surface area contributed by atoms with Crippen molar-refractivity contribution in [1.82, 2.24) is 10.3 Å². The van der Waals surface area contributed by atoms with Gasteiger partial charge in [-0.3, -0.25) is 0 Å². The lowest BCUT2D eigenvalue weighted by Gasteiger charge is -2.37. The minimum atomic E-state index is -0.199. The van der Waals surface area contributed by atoms with Gasteiger partial charge < -0.3 is 10.2 Å². The first kappa shape index (κ1) is 10.0. The van der Waals surface area contributed by atoms with Crippen LogP contribution in [0, 0.1) is 11.7 Å². The minimum absolute atomic E-state index is 0.199. The van der Waals surface area contributed by atoms with E-state index in [-0.39, 0.29) is 5.82 Å². The average Bonchev–Trinajstić information content (AvgIpc) is 2.77. The van der Waals surface area contributed by atoms with Crippen molar-refractivity contribution in [3.63, 3.8) is 0 Å². The maximum absolute atomic E-state index is 13.7. The van der Waals surface area contributed by atoms with Crippen molar-refractivity contribution in [3.05, 3.63) is 24.1 Å². The van der Waals surface area contributed by atoms with Gasteiger partial charge in [-0.25, -0.2) is 9.37 Å². The van der Waals surface area contributed by atoms with Gasteiger partial charge in [-0.1, -0.05) is 0 Å². The van der Waals surface area contributed by atoms with Crippen LogP contribution in [0.1, 0.15) is 12.8 Å². The molecule has 2 fully saturated rings. The Labute approximate surface area is 94.7 Å². The topological polar surface area (TPSA) is 28.2 Å². The predicted octanol–water partition coefficient (Wildman–Crippen LogP) is 1.41. The number of rotatable bonds is 1. The SMILES string of the molecule is Fc1cccnc1N1CCCC2CNCC21. The van der Waals surface area contributed by atoms with Gasteiger partial charge >= 0.3 is 0 Å². The molecule has 0 saturated carbocycles. The predicted molar refractivity (Wildman–Crippen MR) is 60.9 cm³/mol. The second-order valence-corrected chi connectivity index (χ2v) is 4.63. The fourth-order valence-corrected chi connectivity index (χ4v) is 2.92. The van der Waals surface area contributed by atoms with Gasteiger partial charge in [-0.2, -0.15) is 0 Å². The van der Waals surface area contributed by atoms with Crippen molar-refractivity contribution in [2.45, 2.75) is 18.9 Å². The van der Waals surface area contributed by atoms with Crippen LogP contribution < -0.4 is 10.2 Å².